The lowest BCUT2D eigenvalue weighted by molar-refractivity contribution is 0.0966. The van der Waals surface area contributed by atoms with Gasteiger partial charge in [0.2, 0.25) is 0 Å². The fourth-order valence-corrected chi connectivity index (χ4v) is 1.68. The predicted molar refractivity (Wildman–Crippen MR) is 69.4 cm³/mol. The number of rotatable bonds is 3. The third-order valence-electron chi connectivity index (χ3n) is 2.53. The molecule has 0 aliphatic carbocycles. The van der Waals surface area contributed by atoms with Gasteiger partial charge in [-0.05, 0) is 35.9 Å². The van der Waals surface area contributed by atoms with E-state index in [-0.39, 0.29) is 16.9 Å². The van der Waals surface area contributed by atoms with E-state index in [0.717, 1.165) is 0 Å². The fourth-order valence-electron chi connectivity index (χ4n) is 1.53. The molecular formula is C13H12ClNO3. The summed E-state index contributed by atoms with van der Waals surface area (Å²) in [5, 5.41) is 0.192. The zero-order valence-corrected chi connectivity index (χ0v) is 10.8. The van der Waals surface area contributed by atoms with Crippen LogP contribution in [0.5, 0.6) is 5.75 Å². The third kappa shape index (κ3) is 2.49. The monoisotopic (exact) mass is 265 g/mol. The summed E-state index contributed by atoms with van der Waals surface area (Å²) in [7, 11) is 3.24. The average molecular weight is 266 g/mol. The maximum absolute atomic E-state index is 12.1. The summed E-state index contributed by atoms with van der Waals surface area (Å²) >= 11 is 5.65. The first-order valence-corrected chi connectivity index (χ1v) is 5.67. The Bertz CT molecular complexity index is 565. The van der Waals surface area contributed by atoms with E-state index >= 15 is 0 Å². The number of furan rings is 1. The second-order valence-electron chi connectivity index (χ2n) is 3.67. The van der Waals surface area contributed by atoms with E-state index in [0.29, 0.717) is 11.4 Å². The number of hydrogen-bond donors (Lipinski definition) is 0. The Morgan fingerprint density at radius 3 is 2.72 bits per heavy atom. The minimum absolute atomic E-state index is 0.192. The number of carbonyl (C=O) groups excluding carboxylic acids is 1. The largest absolute Gasteiger partial charge is 0.497 e. The van der Waals surface area contributed by atoms with Gasteiger partial charge in [0.05, 0.1) is 7.11 Å². The van der Waals surface area contributed by atoms with Gasteiger partial charge >= 0.3 is 0 Å². The molecule has 0 aliphatic heterocycles. The number of nitrogens with zero attached hydrogens (tertiary/aromatic N) is 1. The molecule has 0 saturated heterocycles. The van der Waals surface area contributed by atoms with Gasteiger partial charge in [-0.25, -0.2) is 0 Å². The van der Waals surface area contributed by atoms with Crippen molar-refractivity contribution in [2.45, 2.75) is 0 Å². The highest BCUT2D eigenvalue weighted by Gasteiger charge is 2.17. The Morgan fingerprint density at radius 2 is 2.11 bits per heavy atom. The van der Waals surface area contributed by atoms with Crippen LogP contribution in [-0.2, 0) is 0 Å². The van der Waals surface area contributed by atoms with Crippen LogP contribution in [0.25, 0.3) is 0 Å². The van der Waals surface area contributed by atoms with E-state index < -0.39 is 0 Å². The molecule has 2 aromatic rings. The molecule has 0 unspecified atom stereocenters. The lowest BCUT2D eigenvalue weighted by atomic mass is 10.2. The van der Waals surface area contributed by atoms with Crippen LogP contribution in [-0.4, -0.2) is 20.1 Å². The minimum atomic E-state index is -0.268. The van der Waals surface area contributed by atoms with Gasteiger partial charge in [0.25, 0.3) is 5.91 Å². The highest BCUT2D eigenvalue weighted by Crippen LogP contribution is 2.22. The van der Waals surface area contributed by atoms with Crippen molar-refractivity contribution in [3.63, 3.8) is 0 Å². The van der Waals surface area contributed by atoms with Crippen LogP contribution >= 0.6 is 11.6 Å². The molecule has 0 spiro atoms. The third-order valence-corrected chi connectivity index (χ3v) is 2.73. The quantitative estimate of drug-likeness (QED) is 0.856. The maximum Gasteiger partial charge on any atom is 0.293 e. The molecule has 18 heavy (non-hydrogen) atoms. The Hall–Kier alpha value is -1.94. The molecular weight excluding hydrogens is 254 g/mol. The molecule has 1 aromatic heterocycles. The Balaban J connectivity index is 2.25. The molecule has 1 heterocycles. The number of anilines is 1. The van der Waals surface area contributed by atoms with Gasteiger partial charge in [-0.2, -0.15) is 0 Å². The van der Waals surface area contributed by atoms with E-state index in [2.05, 4.69) is 0 Å². The summed E-state index contributed by atoms with van der Waals surface area (Å²) in [5.41, 5.74) is 0.715. The minimum Gasteiger partial charge on any atom is -0.497 e. The van der Waals surface area contributed by atoms with E-state index in [9.17, 15) is 4.79 Å². The molecule has 0 N–H and O–H groups in total. The summed E-state index contributed by atoms with van der Waals surface area (Å²) in [6.07, 6.45) is 0. The van der Waals surface area contributed by atoms with Gasteiger partial charge in [0, 0.05) is 18.8 Å². The first-order chi connectivity index (χ1) is 8.61. The highest BCUT2D eigenvalue weighted by molar-refractivity contribution is 6.29. The molecule has 1 aromatic carbocycles. The van der Waals surface area contributed by atoms with Crippen molar-refractivity contribution in [2.75, 3.05) is 19.1 Å². The standard InChI is InChI=1S/C13H12ClNO3/c1-15(9-4-3-5-10(8-9)17-2)13(16)11-6-7-12(14)18-11/h3-8H,1-2H3. The van der Waals surface area contributed by atoms with Gasteiger partial charge < -0.3 is 14.1 Å². The van der Waals surface area contributed by atoms with Crippen molar-refractivity contribution in [3.05, 3.63) is 47.4 Å². The molecule has 4 nitrogen and oxygen atoms in total. The van der Waals surface area contributed by atoms with Crippen molar-refractivity contribution in [1.29, 1.82) is 0 Å². The van der Waals surface area contributed by atoms with Crippen LogP contribution < -0.4 is 9.64 Å². The Morgan fingerprint density at radius 1 is 1.33 bits per heavy atom. The van der Waals surface area contributed by atoms with Crippen molar-refractivity contribution in [2.24, 2.45) is 0 Å². The molecule has 0 atom stereocenters. The molecule has 0 radical (unpaired) electrons. The summed E-state index contributed by atoms with van der Waals surface area (Å²) in [5.74, 6) is 0.616. The van der Waals surface area contributed by atoms with Gasteiger partial charge in [-0.15, -0.1) is 0 Å². The number of ether oxygens (including phenoxy) is 1. The average Bonchev–Trinajstić information content (AvgIpc) is 2.83. The number of halogens is 1. The number of carbonyl (C=O) groups is 1. The van der Waals surface area contributed by atoms with Gasteiger partial charge in [0.1, 0.15) is 5.75 Å². The molecule has 1 amide bonds. The normalized spacial score (nSPS) is 10.2. The van der Waals surface area contributed by atoms with Crippen LogP contribution in [0.3, 0.4) is 0 Å². The highest BCUT2D eigenvalue weighted by atomic mass is 35.5. The van der Waals surface area contributed by atoms with Crippen LogP contribution in [0.15, 0.2) is 40.8 Å². The van der Waals surface area contributed by atoms with E-state index in [4.69, 9.17) is 20.8 Å². The molecule has 94 valence electrons. The Kier molecular flexibility index (Phi) is 3.58. The van der Waals surface area contributed by atoms with Gasteiger partial charge in [-0.1, -0.05) is 6.07 Å². The van der Waals surface area contributed by atoms with Crippen LogP contribution in [0.1, 0.15) is 10.6 Å². The molecule has 2 rings (SSSR count). The first kappa shape index (κ1) is 12.5. The summed E-state index contributed by atoms with van der Waals surface area (Å²) < 4.78 is 10.2. The van der Waals surface area contributed by atoms with Gasteiger partial charge in [-0.3, -0.25) is 4.79 Å². The smallest absolute Gasteiger partial charge is 0.293 e. The molecule has 5 heteroatoms. The van der Waals surface area contributed by atoms with Crippen LogP contribution in [0, 0.1) is 0 Å². The zero-order valence-electron chi connectivity index (χ0n) is 10.0. The van der Waals surface area contributed by atoms with Crippen molar-refractivity contribution >= 4 is 23.2 Å². The summed E-state index contributed by atoms with van der Waals surface area (Å²) in [6.45, 7) is 0. The Labute approximate surface area is 110 Å². The van der Waals surface area contributed by atoms with Crippen molar-refractivity contribution in [3.8, 4) is 5.75 Å². The SMILES string of the molecule is COc1cccc(N(C)C(=O)c2ccc(Cl)o2)c1. The number of hydrogen-bond acceptors (Lipinski definition) is 3. The second-order valence-corrected chi connectivity index (χ2v) is 4.04. The topological polar surface area (TPSA) is 42.7 Å². The summed E-state index contributed by atoms with van der Waals surface area (Å²) in [4.78, 5) is 13.6. The lowest BCUT2D eigenvalue weighted by Crippen LogP contribution is -2.25. The predicted octanol–water partition coefficient (Wildman–Crippen LogP) is 3.22. The molecule has 0 saturated carbocycles. The fraction of sp³-hybridized carbons (Fsp3) is 0.154. The number of amides is 1. The van der Waals surface area contributed by atoms with Crippen LogP contribution in [0.2, 0.25) is 5.22 Å². The van der Waals surface area contributed by atoms with E-state index in [1.165, 1.54) is 11.0 Å². The van der Waals surface area contributed by atoms with Crippen molar-refractivity contribution in [1.82, 2.24) is 0 Å². The molecule has 0 aliphatic rings. The first-order valence-electron chi connectivity index (χ1n) is 5.29. The second kappa shape index (κ2) is 5.14. The maximum atomic E-state index is 12.1. The van der Waals surface area contributed by atoms with Crippen LogP contribution in [0.4, 0.5) is 5.69 Å². The number of benzene rings is 1. The molecule has 0 bridgehead atoms. The van der Waals surface area contributed by atoms with E-state index in [1.807, 2.05) is 18.2 Å². The number of methoxy groups -OCH3 is 1. The van der Waals surface area contributed by atoms with E-state index in [1.54, 1.807) is 26.3 Å². The zero-order chi connectivity index (χ0) is 13.1. The molecule has 0 fully saturated rings. The van der Waals surface area contributed by atoms with Gasteiger partial charge in [0.15, 0.2) is 11.0 Å². The summed E-state index contributed by atoms with van der Waals surface area (Å²) in [6, 6.07) is 10.3. The van der Waals surface area contributed by atoms with Crippen molar-refractivity contribution < 1.29 is 13.9 Å². The lowest BCUT2D eigenvalue weighted by Gasteiger charge is -2.16.